The van der Waals surface area contributed by atoms with E-state index in [9.17, 15) is 0 Å². The van der Waals surface area contributed by atoms with Crippen LogP contribution in [0.4, 0.5) is 0 Å². The van der Waals surface area contributed by atoms with Gasteiger partial charge in [0.25, 0.3) is 0 Å². The molecule has 0 aliphatic carbocycles. The molecular weight excluding hydrogens is 244 g/mol. The standard InChI is InChI=1S/C11H15BrO2/c1-3-13-11-8-9(2)4-5-10(11)14-7-6-12/h4-5,8H,3,6-7H2,1-2H3. The predicted molar refractivity (Wildman–Crippen MR) is 61.6 cm³/mol. The molecule has 2 nitrogen and oxygen atoms in total. The van der Waals surface area contributed by atoms with Gasteiger partial charge in [-0.2, -0.15) is 0 Å². The molecule has 0 aromatic heterocycles. The molecule has 0 radical (unpaired) electrons. The normalized spacial score (nSPS) is 9.93. The van der Waals surface area contributed by atoms with E-state index in [1.807, 2.05) is 32.0 Å². The molecular formula is C11H15BrO2. The zero-order valence-electron chi connectivity index (χ0n) is 8.55. The van der Waals surface area contributed by atoms with Crippen molar-refractivity contribution < 1.29 is 9.47 Å². The van der Waals surface area contributed by atoms with Crippen LogP contribution in [-0.2, 0) is 0 Å². The summed E-state index contributed by atoms with van der Waals surface area (Å²) in [7, 11) is 0. The van der Waals surface area contributed by atoms with Crippen LogP contribution in [0.5, 0.6) is 11.5 Å². The van der Waals surface area contributed by atoms with Crippen molar-refractivity contribution >= 4 is 15.9 Å². The fourth-order valence-corrected chi connectivity index (χ4v) is 1.31. The molecule has 0 aliphatic rings. The Morgan fingerprint density at radius 1 is 1.21 bits per heavy atom. The summed E-state index contributed by atoms with van der Waals surface area (Å²) in [6.07, 6.45) is 0. The van der Waals surface area contributed by atoms with Gasteiger partial charge >= 0.3 is 0 Å². The maximum atomic E-state index is 5.52. The molecule has 0 saturated heterocycles. The predicted octanol–water partition coefficient (Wildman–Crippen LogP) is 3.17. The van der Waals surface area contributed by atoms with Crippen LogP contribution in [0.1, 0.15) is 12.5 Å². The van der Waals surface area contributed by atoms with E-state index in [4.69, 9.17) is 9.47 Å². The Labute approximate surface area is 93.4 Å². The van der Waals surface area contributed by atoms with Crippen LogP contribution in [0.3, 0.4) is 0 Å². The van der Waals surface area contributed by atoms with Gasteiger partial charge in [0.15, 0.2) is 11.5 Å². The van der Waals surface area contributed by atoms with Gasteiger partial charge in [0.1, 0.15) is 0 Å². The maximum Gasteiger partial charge on any atom is 0.161 e. The molecule has 3 heteroatoms. The SMILES string of the molecule is CCOc1cc(C)ccc1OCCBr. The number of halogens is 1. The number of hydrogen-bond acceptors (Lipinski definition) is 2. The highest BCUT2D eigenvalue weighted by atomic mass is 79.9. The first-order valence-electron chi connectivity index (χ1n) is 4.70. The second-order valence-corrected chi connectivity index (χ2v) is 3.71. The molecule has 0 heterocycles. The maximum absolute atomic E-state index is 5.52. The third-order valence-corrected chi connectivity index (χ3v) is 2.06. The van der Waals surface area contributed by atoms with Crippen molar-refractivity contribution in [1.82, 2.24) is 0 Å². The highest BCUT2D eigenvalue weighted by Crippen LogP contribution is 2.28. The summed E-state index contributed by atoms with van der Waals surface area (Å²) >= 11 is 3.32. The van der Waals surface area contributed by atoms with Gasteiger partial charge in [0, 0.05) is 5.33 Å². The average Bonchev–Trinajstić information content (AvgIpc) is 2.17. The van der Waals surface area contributed by atoms with Crippen LogP contribution in [0.15, 0.2) is 18.2 Å². The molecule has 0 unspecified atom stereocenters. The summed E-state index contributed by atoms with van der Waals surface area (Å²) in [5.41, 5.74) is 1.18. The van der Waals surface area contributed by atoms with Gasteiger partial charge in [-0.05, 0) is 31.5 Å². The van der Waals surface area contributed by atoms with Crippen molar-refractivity contribution in [2.24, 2.45) is 0 Å². The van der Waals surface area contributed by atoms with Gasteiger partial charge in [-0.3, -0.25) is 0 Å². The summed E-state index contributed by atoms with van der Waals surface area (Å²) in [6, 6.07) is 5.96. The zero-order valence-corrected chi connectivity index (χ0v) is 10.1. The Bertz CT molecular complexity index is 287. The largest absolute Gasteiger partial charge is 0.490 e. The number of aryl methyl sites for hydroxylation is 1. The first-order chi connectivity index (χ1) is 6.77. The number of rotatable bonds is 5. The number of alkyl halides is 1. The van der Waals surface area contributed by atoms with Crippen molar-refractivity contribution in [1.29, 1.82) is 0 Å². The van der Waals surface area contributed by atoms with Crippen LogP contribution in [0.25, 0.3) is 0 Å². The molecule has 0 amide bonds. The fourth-order valence-electron chi connectivity index (χ4n) is 1.15. The van der Waals surface area contributed by atoms with E-state index in [2.05, 4.69) is 15.9 Å². The van der Waals surface area contributed by atoms with E-state index >= 15 is 0 Å². The Morgan fingerprint density at radius 3 is 2.64 bits per heavy atom. The first-order valence-corrected chi connectivity index (χ1v) is 5.82. The lowest BCUT2D eigenvalue weighted by molar-refractivity contribution is 0.289. The fraction of sp³-hybridized carbons (Fsp3) is 0.455. The molecule has 1 rings (SSSR count). The molecule has 1 aromatic rings. The molecule has 0 N–H and O–H groups in total. The Hall–Kier alpha value is -0.700. The second kappa shape index (κ2) is 5.91. The van der Waals surface area contributed by atoms with Gasteiger partial charge in [0.05, 0.1) is 13.2 Å². The van der Waals surface area contributed by atoms with Crippen molar-refractivity contribution in [3.63, 3.8) is 0 Å². The quantitative estimate of drug-likeness (QED) is 0.756. The van der Waals surface area contributed by atoms with Gasteiger partial charge in [0.2, 0.25) is 0 Å². The van der Waals surface area contributed by atoms with E-state index < -0.39 is 0 Å². The lowest BCUT2D eigenvalue weighted by atomic mass is 10.2. The van der Waals surface area contributed by atoms with E-state index in [1.54, 1.807) is 0 Å². The molecule has 0 atom stereocenters. The Kier molecular flexibility index (Phi) is 4.80. The molecule has 0 aliphatic heterocycles. The minimum atomic E-state index is 0.656. The summed E-state index contributed by atoms with van der Waals surface area (Å²) in [5, 5.41) is 0.826. The summed E-state index contributed by atoms with van der Waals surface area (Å²) < 4.78 is 11.0. The Morgan fingerprint density at radius 2 is 2.00 bits per heavy atom. The topological polar surface area (TPSA) is 18.5 Å². The van der Waals surface area contributed by atoms with Crippen LogP contribution < -0.4 is 9.47 Å². The lowest BCUT2D eigenvalue weighted by Crippen LogP contribution is -2.01. The van der Waals surface area contributed by atoms with Crippen molar-refractivity contribution in [3.05, 3.63) is 23.8 Å². The first kappa shape index (κ1) is 11.4. The van der Waals surface area contributed by atoms with Crippen LogP contribution in [-0.4, -0.2) is 18.5 Å². The number of hydrogen-bond donors (Lipinski definition) is 0. The minimum absolute atomic E-state index is 0.656. The number of ether oxygens (including phenoxy) is 2. The molecule has 78 valence electrons. The monoisotopic (exact) mass is 258 g/mol. The average molecular weight is 259 g/mol. The molecule has 0 spiro atoms. The van der Waals surface area contributed by atoms with E-state index in [-0.39, 0.29) is 0 Å². The summed E-state index contributed by atoms with van der Waals surface area (Å²) in [4.78, 5) is 0. The molecule has 14 heavy (non-hydrogen) atoms. The van der Waals surface area contributed by atoms with E-state index in [0.29, 0.717) is 13.2 Å². The molecule has 0 saturated carbocycles. The summed E-state index contributed by atoms with van der Waals surface area (Å²) in [6.45, 7) is 5.32. The third kappa shape index (κ3) is 3.22. The highest BCUT2D eigenvalue weighted by Gasteiger charge is 2.03. The molecule has 0 bridgehead atoms. The van der Waals surface area contributed by atoms with Crippen molar-refractivity contribution in [2.75, 3.05) is 18.5 Å². The van der Waals surface area contributed by atoms with Crippen LogP contribution in [0.2, 0.25) is 0 Å². The summed E-state index contributed by atoms with van der Waals surface area (Å²) in [5.74, 6) is 1.64. The minimum Gasteiger partial charge on any atom is -0.490 e. The van der Waals surface area contributed by atoms with Crippen LogP contribution in [0, 0.1) is 6.92 Å². The highest BCUT2D eigenvalue weighted by molar-refractivity contribution is 9.09. The molecule has 1 aromatic carbocycles. The van der Waals surface area contributed by atoms with E-state index in [0.717, 1.165) is 16.8 Å². The van der Waals surface area contributed by atoms with Crippen molar-refractivity contribution in [2.45, 2.75) is 13.8 Å². The van der Waals surface area contributed by atoms with Gasteiger partial charge in [-0.1, -0.05) is 22.0 Å². The van der Waals surface area contributed by atoms with Gasteiger partial charge in [-0.15, -0.1) is 0 Å². The molecule has 0 fully saturated rings. The van der Waals surface area contributed by atoms with Crippen molar-refractivity contribution in [3.8, 4) is 11.5 Å². The smallest absolute Gasteiger partial charge is 0.161 e. The second-order valence-electron chi connectivity index (χ2n) is 2.92. The van der Waals surface area contributed by atoms with Crippen LogP contribution >= 0.6 is 15.9 Å². The number of benzene rings is 1. The zero-order chi connectivity index (χ0) is 10.4. The lowest BCUT2D eigenvalue weighted by Gasteiger charge is -2.11. The van der Waals surface area contributed by atoms with E-state index in [1.165, 1.54) is 5.56 Å². The Balaban J connectivity index is 2.78. The third-order valence-electron chi connectivity index (χ3n) is 1.73. The van der Waals surface area contributed by atoms with Gasteiger partial charge < -0.3 is 9.47 Å². The van der Waals surface area contributed by atoms with Gasteiger partial charge in [-0.25, -0.2) is 0 Å².